The van der Waals surface area contributed by atoms with E-state index in [0.717, 1.165) is 53.5 Å². The number of thioether (sulfide) groups is 1. The molecule has 0 aliphatic carbocycles. The maximum Gasteiger partial charge on any atom is 0.255 e. The van der Waals surface area contributed by atoms with Crippen molar-refractivity contribution in [3.8, 4) is 0 Å². The van der Waals surface area contributed by atoms with Crippen LogP contribution in [0, 0.1) is 6.92 Å². The molecule has 0 fully saturated rings. The van der Waals surface area contributed by atoms with Gasteiger partial charge in [-0.25, -0.2) is 4.68 Å². The number of benzene rings is 2. The molecule has 184 valence electrons. The lowest BCUT2D eigenvalue weighted by Gasteiger charge is -2.29. The number of aromatic nitrogens is 3. The highest BCUT2D eigenvalue weighted by atomic mass is 32.2. The van der Waals surface area contributed by atoms with Crippen LogP contribution in [0.15, 0.2) is 65.0 Å². The third-order valence-electron chi connectivity index (χ3n) is 6.24. The smallest absolute Gasteiger partial charge is 0.255 e. The number of fused-ring (bicyclic) bond motifs is 1. The number of aryl methyl sites for hydroxylation is 1. The molecule has 8 heteroatoms. The zero-order valence-electron chi connectivity index (χ0n) is 21.1. The van der Waals surface area contributed by atoms with E-state index in [9.17, 15) is 4.79 Å². The molecule has 2 heterocycles. The van der Waals surface area contributed by atoms with Gasteiger partial charge in [-0.05, 0) is 63.4 Å². The molecule has 1 aliphatic rings. The number of para-hydroxylation sites is 1. The highest BCUT2D eigenvalue weighted by Crippen LogP contribution is 2.37. The first kappa shape index (κ1) is 24.9. The monoisotopic (exact) mass is 490 g/mol. The molecule has 1 atom stereocenters. The Kier molecular flexibility index (Phi) is 7.80. The second-order valence-electron chi connectivity index (χ2n) is 8.61. The molecule has 0 spiro atoms. The number of carbonyl (C=O) groups excluding carboxylic acids is 1. The number of anilines is 3. The Hall–Kier alpha value is -3.26. The summed E-state index contributed by atoms with van der Waals surface area (Å²) < 4.78 is 1.85. The molecular formula is C27H34N6OS. The molecule has 7 nitrogen and oxygen atoms in total. The summed E-state index contributed by atoms with van der Waals surface area (Å²) in [4.78, 5) is 20.7. The van der Waals surface area contributed by atoms with Crippen molar-refractivity contribution in [2.75, 3.05) is 34.4 Å². The fraction of sp³-hybridized carbons (Fsp3) is 0.370. The summed E-state index contributed by atoms with van der Waals surface area (Å²) in [7, 11) is 0. The molecular weight excluding hydrogens is 456 g/mol. The quantitative estimate of drug-likeness (QED) is 0.366. The second kappa shape index (κ2) is 11.0. The van der Waals surface area contributed by atoms with E-state index in [2.05, 4.69) is 60.6 Å². The van der Waals surface area contributed by atoms with Crippen molar-refractivity contribution in [3.05, 3.63) is 70.9 Å². The lowest BCUT2D eigenvalue weighted by Crippen LogP contribution is -2.31. The molecule has 1 aromatic heterocycles. The Morgan fingerprint density at radius 3 is 2.46 bits per heavy atom. The standard InChI is InChI=1S/C27H34N6OS/c1-6-17-35-27-30-26-28-19(5)23(25(34)29-22-12-10-9-11-18(22)4)24(33(26)31-27)20-13-15-21(16-14-20)32(7-2)8-3/h9-16,24H,6-8,17H2,1-5H3,(H,29,34)(H,28,30,31). The molecule has 4 rings (SSSR count). The van der Waals surface area contributed by atoms with Crippen LogP contribution in [0.4, 0.5) is 17.3 Å². The number of nitrogens with zero attached hydrogens (tertiary/aromatic N) is 4. The summed E-state index contributed by atoms with van der Waals surface area (Å²) in [6.45, 7) is 12.3. The molecule has 1 aliphatic heterocycles. The molecule has 0 saturated carbocycles. The van der Waals surface area contributed by atoms with Crippen LogP contribution in [0.3, 0.4) is 0 Å². The van der Waals surface area contributed by atoms with Gasteiger partial charge >= 0.3 is 0 Å². The lowest BCUT2D eigenvalue weighted by molar-refractivity contribution is -0.113. The van der Waals surface area contributed by atoms with Gasteiger partial charge in [0, 0.05) is 35.9 Å². The largest absolute Gasteiger partial charge is 0.372 e. The first-order valence-corrected chi connectivity index (χ1v) is 13.2. The zero-order valence-corrected chi connectivity index (χ0v) is 21.9. The Morgan fingerprint density at radius 2 is 1.80 bits per heavy atom. The van der Waals surface area contributed by atoms with E-state index >= 15 is 0 Å². The van der Waals surface area contributed by atoms with Crippen LogP contribution < -0.4 is 15.5 Å². The van der Waals surface area contributed by atoms with Crippen molar-refractivity contribution in [3.63, 3.8) is 0 Å². The molecule has 3 aromatic rings. The second-order valence-corrected chi connectivity index (χ2v) is 9.67. The van der Waals surface area contributed by atoms with Gasteiger partial charge < -0.3 is 15.5 Å². The molecule has 0 radical (unpaired) electrons. The van der Waals surface area contributed by atoms with Crippen LogP contribution in [0.5, 0.6) is 0 Å². The van der Waals surface area contributed by atoms with Crippen molar-refractivity contribution < 1.29 is 4.79 Å². The maximum absolute atomic E-state index is 13.7. The van der Waals surface area contributed by atoms with E-state index in [-0.39, 0.29) is 11.9 Å². The minimum absolute atomic E-state index is 0.147. The van der Waals surface area contributed by atoms with Gasteiger partial charge in [-0.3, -0.25) is 4.79 Å². The number of rotatable bonds is 9. The summed E-state index contributed by atoms with van der Waals surface area (Å²) >= 11 is 1.63. The van der Waals surface area contributed by atoms with E-state index < -0.39 is 0 Å². The fourth-order valence-electron chi connectivity index (χ4n) is 4.35. The number of hydrogen-bond donors (Lipinski definition) is 2. The van der Waals surface area contributed by atoms with E-state index in [1.807, 2.05) is 42.8 Å². The van der Waals surface area contributed by atoms with Gasteiger partial charge in [0.15, 0.2) is 0 Å². The van der Waals surface area contributed by atoms with Gasteiger partial charge in [-0.2, -0.15) is 4.98 Å². The normalized spacial score (nSPS) is 14.9. The van der Waals surface area contributed by atoms with E-state index in [1.165, 1.54) is 0 Å². The first-order chi connectivity index (χ1) is 17.0. The van der Waals surface area contributed by atoms with Crippen LogP contribution in [0.1, 0.15) is 51.3 Å². The topological polar surface area (TPSA) is 75.1 Å². The van der Waals surface area contributed by atoms with Crippen LogP contribution in [0.2, 0.25) is 0 Å². The molecule has 1 unspecified atom stereocenters. The molecule has 35 heavy (non-hydrogen) atoms. The average molecular weight is 491 g/mol. The SMILES string of the molecule is CCCSc1nc2n(n1)C(c1ccc(N(CC)CC)cc1)C(C(=O)Nc1ccccc1C)=C(C)N2. The predicted molar refractivity (Wildman–Crippen MR) is 145 cm³/mol. The molecule has 0 bridgehead atoms. The van der Waals surface area contributed by atoms with Gasteiger partial charge in [-0.15, -0.1) is 5.10 Å². The van der Waals surface area contributed by atoms with Crippen molar-refractivity contribution in [2.24, 2.45) is 0 Å². The third-order valence-corrected chi connectivity index (χ3v) is 7.29. The zero-order chi connectivity index (χ0) is 24.9. The van der Waals surface area contributed by atoms with Crippen LogP contribution >= 0.6 is 11.8 Å². The number of hydrogen-bond acceptors (Lipinski definition) is 6. The molecule has 1 amide bonds. The van der Waals surface area contributed by atoms with Gasteiger partial charge in [-0.1, -0.05) is 49.0 Å². The Bertz CT molecular complexity index is 1210. The highest BCUT2D eigenvalue weighted by Gasteiger charge is 2.34. The van der Waals surface area contributed by atoms with E-state index in [4.69, 9.17) is 10.1 Å². The average Bonchev–Trinajstić information content (AvgIpc) is 3.26. The number of allylic oxidation sites excluding steroid dienone is 1. The van der Waals surface area contributed by atoms with Crippen molar-refractivity contribution in [1.29, 1.82) is 0 Å². The lowest BCUT2D eigenvalue weighted by atomic mass is 9.94. The van der Waals surface area contributed by atoms with Gasteiger partial charge in [0.2, 0.25) is 11.1 Å². The highest BCUT2D eigenvalue weighted by molar-refractivity contribution is 7.99. The minimum Gasteiger partial charge on any atom is -0.372 e. The van der Waals surface area contributed by atoms with E-state index in [0.29, 0.717) is 16.7 Å². The Labute approximate surface area is 212 Å². The van der Waals surface area contributed by atoms with Gasteiger partial charge in [0.1, 0.15) is 6.04 Å². The maximum atomic E-state index is 13.7. The third kappa shape index (κ3) is 5.22. The molecule has 2 aromatic carbocycles. The van der Waals surface area contributed by atoms with Crippen molar-refractivity contribution >= 4 is 35.0 Å². The summed E-state index contributed by atoms with van der Waals surface area (Å²) in [5.74, 6) is 1.46. The van der Waals surface area contributed by atoms with Crippen LogP contribution in [0.25, 0.3) is 0 Å². The summed E-state index contributed by atoms with van der Waals surface area (Å²) in [6.07, 6.45) is 1.04. The van der Waals surface area contributed by atoms with Gasteiger partial charge in [0.25, 0.3) is 5.91 Å². The number of nitrogens with one attached hydrogen (secondary N) is 2. The first-order valence-electron chi connectivity index (χ1n) is 12.3. The molecule has 2 N–H and O–H groups in total. The fourth-order valence-corrected chi connectivity index (χ4v) is 5.03. The minimum atomic E-state index is -0.385. The summed E-state index contributed by atoms with van der Waals surface area (Å²) in [5, 5.41) is 12.0. The summed E-state index contributed by atoms with van der Waals surface area (Å²) in [6, 6.07) is 15.9. The van der Waals surface area contributed by atoms with Crippen molar-refractivity contribution in [1.82, 2.24) is 14.8 Å². The van der Waals surface area contributed by atoms with Gasteiger partial charge in [0.05, 0.1) is 5.57 Å². The predicted octanol–water partition coefficient (Wildman–Crippen LogP) is 5.86. The van der Waals surface area contributed by atoms with Crippen molar-refractivity contribution in [2.45, 2.75) is 52.2 Å². The van der Waals surface area contributed by atoms with E-state index in [1.54, 1.807) is 11.8 Å². The number of carbonyl (C=O) groups is 1. The Balaban J connectivity index is 1.75. The Morgan fingerprint density at radius 1 is 1.09 bits per heavy atom. The molecule has 0 saturated heterocycles. The number of amides is 1. The van der Waals surface area contributed by atoms with Crippen LogP contribution in [-0.2, 0) is 4.79 Å². The summed E-state index contributed by atoms with van der Waals surface area (Å²) in [5.41, 5.74) is 5.39. The van der Waals surface area contributed by atoms with Crippen LogP contribution in [-0.4, -0.2) is 39.5 Å².